The van der Waals surface area contributed by atoms with Crippen LogP contribution < -0.4 is 9.64 Å². The van der Waals surface area contributed by atoms with Crippen LogP contribution in [0.2, 0.25) is 0 Å². The van der Waals surface area contributed by atoms with Gasteiger partial charge in [-0.15, -0.1) is 11.8 Å². The number of carbonyl (C=O) groups is 1. The minimum absolute atomic E-state index is 0.00607. The second kappa shape index (κ2) is 10.2. The van der Waals surface area contributed by atoms with Crippen LogP contribution in [0, 0.1) is 5.92 Å². The Morgan fingerprint density at radius 2 is 2.03 bits per heavy atom. The molecule has 2 aromatic rings. The molecule has 0 aromatic heterocycles. The standard InChI is InChI=1S/C23H27NO5S2/c1-3-4-8-17-15-24(18-9-6-5-7-10-18)19-13-21(30-2)20(29-12-11-23(25)26)14-22(19)31(27,28)16-17/h5-7,9-14,17H,3-4,8,15-16H2,1-2H3,(H,25,26)/b12-11+. The van der Waals surface area contributed by atoms with Gasteiger partial charge >= 0.3 is 5.97 Å². The summed E-state index contributed by atoms with van der Waals surface area (Å²) in [6.45, 7) is 2.72. The molecule has 0 bridgehead atoms. The molecule has 3 rings (SSSR count). The second-order valence-corrected chi connectivity index (χ2v) is 10.3. The number of ether oxygens (including phenoxy) is 1. The van der Waals surface area contributed by atoms with Gasteiger partial charge in [-0.3, -0.25) is 0 Å². The Kier molecular flexibility index (Phi) is 7.67. The van der Waals surface area contributed by atoms with Gasteiger partial charge in [-0.2, -0.15) is 0 Å². The van der Waals surface area contributed by atoms with E-state index in [0.29, 0.717) is 18.0 Å². The van der Waals surface area contributed by atoms with Crippen LogP contribution >= 0.6 is 11.8 Å². The molecule has 0 saturated carbocycles. The van der Waals surface area contributed by atoms with Crippen LogP contribution in [0.5, 0.6) is 5.75 Å². The first-order chi connectivity index (χ1) is 14.9. The SMILES string of the molecule is CCCCC1CN(c2ccccc2)c2cc(SC)c(O/C=C/C(=O)O)cc2S(=O)(=O)C1. The van der Waals surface area contributed by atoms with E-state index in [1.165, 1.54) is 17.8 Å². The Morgan fingerprint density at radius 1 is 1.29 bits per heavy atom. The maximum Gasteiger partial charge on any atom is 0.331 e. The first kappa shape index (κ1) is 23.2. The number of nitrogens with zero attached hydrogens (tertiary/aromatic N) is 1. The van der Waals surface area contributed by atoms with Gasteiger partial charge < -0.3 is 14.7 Å². The summed E-state index contributed by atoms with van der Waals surface area (Å²) in [5.41, 5.74) is 1.57. The molecule has 1 N–H and O–H groups in total. The summed E-state index contributed by atoms with van der Waals surface area (Å²) in [6.07, 6.45) is 6.64. The first-order valence-corrected chi connectivity index (χ1v) is 13.1. The molecule has 1 aliphatic rings. The zero-order chi connectivity index (χ0) is 22.4. The van der Waals surface area contributed by atoms with E-state index >= 15 is 0 Å². The molecular formula is C23H27NO5S2. The lowest BCUT2D eigenvalue weighted by atomic mass is 10.0. The maximum absolute atomic E-state index is 13.4. The van der Waals surface area contributed by atoms with E-state index in [9.17, 15) is 13.2 Å². The molecule has 0 radical (unpaired) electrons. The largest absolute Gasteiger partial charge is 0.478 e. The van der Waals surface area contributed by atoms with E-state index in [4.69, 9.17) is 9.84 Å². The normalized spacial score (nSPS) is 17.9. The lowest BCUT2D eigenvalue weighted by Gasteiger charge is -2.28. The highest BCUT2D eigenvalue weighted by molar-refractivity contribution is 7.98. The van der Waals surface area contributed by atoms with Crippen molar-refractivity contribution < 1.29 is 23.1 Å². The summed E-state index contributed by atoms with van der Waals surface area (Å²) in [7, 11) is -3.56. The summed E-state index contributed by atoms with van der Waals surface area (Å²) in [6, 6.07) is 13.1. The summed E-state index contributed by atoms with van der Waals surface area (Å²) in [5.74, 6) is -0.729. The smallest absolute Gasteiger partial charge is 0.331 e. The first-order valence-electron chi connectivity index (χ1n) is 10.2. The van der Waals surface area contributed by atoms with Crippen molar-refractivity contribution in [1.82, 2.24) is 0 Å². The van der Waals surface area contributed by atoms with Crippen LogP contribution in [0.4, 0.5) is 11.4 Å². The number of para-hydroxylation sites is 1. The number of thioether (sulfide) groups is 1. The monoisotopic (exact) mass is 461 g/mol. The van der Waals surface area contributed by atoms with Crippen molar-refractivity contribution in [2.75, 3.05) is 23.5 Å². The summed E-state index contributed by atoms with van der Waals surface area (Å²) in [4.78, 5) is 13.8. The molecule has 1 heterocycles. The fraction of sp³-hybridized carbons (Fsp3) is 0.348. The second-order valence-electron chi connectivity index (χ2n) is 7.47. The quantitative estimate of drug-likeness (QED) is 0.332. The number of fused-ring (bicyclic) bond motifs is 1. The lowest BCUT2D eigenvalue weighted by molar-refractivity contribution is -0.131. The van der Waals surface area contributed by atoms with Gasteiger partial charge in [0, 0.05) is 18.3 Å². The summed E-state index contributed by atoms with van der Waals surface area (Å²) in [5, 5.41) is 8.82. The average molecular weight is 462 g/mol. The third-order valence-electron chi connectivity index (χ3n) is 5.21. The van der Waals surface area contributed by atoms with Gasteiger partial charge in [-0.05, 0) is 36.8 Å². The van der Waals surface area contributed by atoms with Gasteiger partial charge in [-0.1, -0.05) is 38.0 Å². The van der Waals surface area contributed by atoms with Crippen LogP contribution in [0.25, 0.3) is 0 Å². The maximum atomic E-state index is 13.4. The fourth-order valence-corrected chi connectivity index (χ4v) is 6.12. The van der Waals surface area contributed by atoms with Crippen LogP contribution in [0.3, 0.4) is 0 Å². The average Bonchev–Trinajstić information content (AvgIpc) is 2.85. The molecular weight excluding hydrogens is 434 g/mol. The Morgan fingerprint density at radius 3 is 2.68 bits per heavy atom. The predicted octanol–water partition coefficient (Wildman–Crippen LogP) is 5.12. The molecule has 0 aliphatic carbocycles. The van der Waals surface area contributed by atoms with Crippen molar-refractivity contribution in [3.63, 3.8) is 0 Å². The number of sulfone groups is 1. The number of hydrogen-bond acceptors (Lipinski definition) is 6. The number of carboxylic acid groups (broad SMARTS) is 1. The Labute approximate surface area is 187 Å². The van der Waals surface area contributed by atoms with Gasteiger partial charge in [0.2, 0.25) is 0 Å². The number of benzene rings is 2. The molecule has 8 heteroatoms. The zero-order valence-electron chi connectivity index (χ0n) is 17.7. The van der Waals surface area contributed by atoms with Crippen LogP contribution in [-0.4, -0.2) is 38.0 Å². The van der Waals surface area contributed by atoms with Crippen molar-refractivity contribution in [2.45, 2.75) is 36.0 Å². The molecule has 0 amide bonds. The molecule has 31 heavy (non-hydrogen) atoms. The molecule has 166 valence electrons. The van der Waals surface area contributed by atoms with Crippen molar-refractivity contribution in [1.29, 1.82) is 0 Å². The van der Waals surface area contributed by atoms with Gasteiger partial charge in [0.05, 0.1) is 33.6 Å². The van der Waals surface area contributed by atoms with Crippen molar-refractivity contribution in [3.8, 4) is 5.75 Å². The molecule has 0 spiro atoms. The topological polar surface area (TPSA) is 83.9 Å². The summed E-state index contributed by atoms with van der Waals surface area (Å²) >= 11 is 1.42. The van der Waals surface area contributed by atoms with Gasteiger partial charge in [-0.25, -0.2) is 13.2 Å². The van der Waals surface area contributed by atoms with Crippen molar-refractivity contribution in [3.05, 3.63) is 54.8 Å². The Hall–Kier alpha value is -2.45. The number of unbranched alkanes of at least 4 members (excludes halogenated alkanes) is 1. The molecule has 1 atom stereocenters. The third kappa shape index (κ3) is 5.62. The van der Waals surface area contributed by atoms with E-state index in [1.807, 2.05) is 42.7 Å². The summed E-state index contributed by atoms with van der Waals surface area (Å²) < 4.78 is 32.3. The molecule has 2 aromatic carbocycles. The minimum atomic E-state index is -3.56. The number of anilines is 2. The molecule has 6 nitrogen and oxygen atoms in total. The van der Waals surface area contributed by atoms with Gasteiger partial charge in [0.25, 0.3) is 0 Å². The van der Waals surface area contributed by atoms with Crippen LogP contribution in [-0.2, 0) is 14.6 Å². The van der Waals surface area contributed by atoms with E-state index in [2.05, 4.69) is 11.8 Å². The van der Waals surface area contributed by atoms with E-state index in [1.54, 1.807) is 0 Å². The van der Waals surface area contributed by atoms with Gasteiger partial charge in [0.15, 0.2) is 9.84 Å². The van der Waals surface area contributed by atoms with Crippen molar-refractivity contribution >= 4 is 38.9 Å². The highest BCUT2D eigenvalue weighted by atomic mass is 32.2. The number of hydrogen-bond donors (Lipinski definition) is 1. The van der Waals surface area contributed by atoms with E-state index in [0.717, 1.165) is 42.2 Å². The molecule has 0 fully saturated rings. The molecule has 1 aliphatic heterocycles. The highest BCUT2D eigenvalue weighted by Gasteiger charge is 2.33. The van der Waals surface area contributed by atoms with Crippen molar-refractivity contribution in [2.24, 2.45) is 5.92 Å². The molecule has 0 saturated heterocycles. The Balaban J connectivity index is 2.14. The zero-order valence-corrected chi connectivity index (χ0v) is 19.3. The number of aliphatic carboxylic acids is 1. The third-order valence-corrected chi connectivity index (χ3v) is 7.87. The van der Waals surface area contributed by atoms with Crippen LogP contribution in [0.1, 0.15) is 26.2 Å². The number of rotatable bonds is 8. The number of carboxylic acids is 1. The van der Waals surface area contributed by atoms with E-state index in [-0.39, 0.29) is 16.6 Å². The fourth-order valence-electron chi connectivity index (χ4n) is 3.74. The minimum Gasteiger partial charge on any atom is -0.478 e. The van der Waals surface area contributed by atoms with Crippen LogP contribution in [0.15, 0.2) is 64.6 Å². The predicted molar refractivity (Wildman–Crippen MR) is 124 cm³/mol. The van der Waals surface area contributed by atoms with Gasteiger partial charge in [0.1, 0.15) is 5.75 Å². The van der Waals surface area contributed by atoms with E-state index < -0.39 is 15.8 Å². The Bertz CT molecular complexity index is 1050. The highest BCUT2D eigenvalue weighted by Crippen LogP contribution is 2.43. The molecule has 1 unspecified atom stereocenters. The lowest BCUT2D eigenvalue weighted by Crippen LogP contribution is -2.26.